The molecule has 2 aromatic rings. The molecule has 0 saturated heterocycles. The standard InChI is InChI=1S/C30H30N4O6/c1-5-20-7-6-8-22(17-20)28-26(18(2)31-19(3)27(28)30(37)40-16-15-39-4)29(36)32-23-11-9-21(10-12-23)24-13-14-25(35)34(38)33-24/h1,6-12,17,28,31,34H,13-16H2,2-4H3,(H,32,36). The number of anilines is 1. The maximum Gasteiger partial charge on any atom is 0.338 e. The van der Waals surface area contributed by atoms with Gasteiger partial charge in [0.2, 0.25) is 0 Å². The Morgan fingerprint density at radius 3 is 2.52 bits per heavy atom. The number of nitrogens with zero attached hydrogens (tertiary/aromatic N) is 1. The first-order chi connectivity index (χ1) is 19.2. The van der Waals surface area contributed by atoms with Crippen molar-refractivity contribution < 1.29 is 29.0 Å². The van der Waals surface area contributed by atoms with Gasteiger partial charge in [-0.3, -0.25) is 4.79 Å². The van der Waals surface area contributed by atoms with Gasteiger partial charge in [0.25, 0.3) is 5.91 Å². The number of esters is 1. The zero-order valence-electron chi connectivity index (χ0n) is 22.5. The van der Waals surface area contributed by atoms with Gasteiger partial charge < -0.3 is 25.3 Å². The molecule has 0 bridgehead atoms. The summed E-state index contributed by atoms with van der Waals surface area (Å²) < 4.78 is 10.5. The third-order valence-corrected chi connectivity index (χ3v) is 6.67. The van der Waals surface area contributed by atoms with Crippen LogP contribution in [0, 0.1) is 17.6 Å². The monoisotopic (exact) mass is 542 g/mol. The van der Waals surface area contributed by atoms with Gasteiger partial charge >= 0.3 is 11.9 Å². The van der Waals surface area contributed by atoms with Gasteiger partial charge in [-0.25, -0.2) is 9.59 Å². The normalized spacial score (nSPS) is 19.0. The number of quaternary nitrogens is 1. The van der Waals surface area contributed by atoms with Gasteiger partial charge in [0.1, 0.15) is 12.3 Å². The van der Waals surface area contributed by atoms with Gasteiger partial charge in [-0.2, -0.15) is 5.17 Å². The van der Waals surface area contributed by atoms with Crippen molar-refractivity contribution in [3.63, 3.8) is 0 Å². The molecule has 2 heterocycles. The van der Waals surface area contributed by atoms with Crippen molar-refractivity contribution in [1.29, 1.82) is 0 Å². The average molecular weight is 543 g/mol. The summed E-state index contributed by atoms with van der Waals surface area (Å²) in [5.74, 6) is 0.380. The van der Waals surface area contributed by atoms with Gasteiger partial charge in [-0.15, -0.1) is 6.42 Å². The lowest BCUT2D eigenvalue weighted by atomic mass is 9.79. The number of amides is 2. The van der Waals surface area contributed by atoms with Crippen molar-refractivity contribution in [2.24, 2.45) is 5.10 Å². The van der Waals surface area contributed by atoms with E-state index in [1.54, 1.807) is 56.3 Å². The molecular formula is C30H30N4O6. The Bertz CT molecular complexity index is 1470. The van der Waals surface area contributed by atoms with Crippen LogP contribution in [0.4, 0.5) is 5.69 Å². The zero-order valence-corrected chi connectivity index (χ0v) is 22.5. The minimum absolute atomic E-state index is 0.0604. The van der Waals surface area contributed by atoms with Crippen molar-refractivity contribution >= 4 is 29.2 Å². The number of allylic oxidation sites excluding steroid dienone is 2. The fourth-order valence-electron chi connectivity index (χ4n) is 4.74. The SMILES string of the molecule is C#Cc1cccc(C2C(C(=O)Nc3ccc(C4=N[NH+]([O-])C(=O)CC4)cc3)=C(C)NC(C)=C2C(=O)OCCOC)c1. The van der Waals surface area contributed by atoms with Crippen LogP contribution in [0.2, 0.25) is 0 Å². The number of ether oxygens (including phenoxy) is 2. The van der Waals surface area contributed by atoms with E-state index in [-0.39, 0.29) is 19.6 Å². The summed E-state index contributed by atoms with van der Waals surface area (Å²) in [5, 5.41) is 20.9. The van der Waals surface area contributed by atoms with Crippen LogP contribution in [0.5, 0.6) is 0 Å². The van der Waals surface area contributed by atoms with Crippen molar-refractivity contribution in [3.05, 3.63) is 93.0 Å². The molecule has 0 aliphatic carbocycles. The first kappa shape index (κ1) is 28.4. The van der Waals surface area contributed by atoms with Gasteiger partial charge in [0.15, 0.2) is 0 Å². The van der Waals surface area contributed by atoms with E-state index in [1.165, 1.54) is 7.11 Å². The topological polar surface area (TPSA) is 134 Å². The van der Waals surface area contributed by atoms with Crippen LogP contribution < -0.4 is 15.8 Å². The number of terminal acetylenes is 1. The smallest absolute Gasteiger partial charge is 0.338 e. The lowest BCUT2D eigenvalue weighted by molar-refractivity contribution is -0.773. The van der Waals surface area contributed by atoms with Crippen LogP contribution in [0.25, 0.3) is 0 Å². The number of methoxy groups -OCH3 is 1. The van der Waals surface area contributed by atoms with E-state index in [1.807, 2.05) is 6.07 Å². The van der Waals surface area contributed by atoms with E-state index in [2.05, 4.69) is 21.7 Å². The molecule has 4 rings (SSSR count). The number of hydrogen-bond acceptors (Lipinski definition) is 8. The van der Waals surface area contributed by atoms with Crippen LogP contribution in [0.1, 0.15) is 49.3 Å². The van der Waals surface area contributed by atoms with E-state index < -0.39 is 28.9 Å². The summed E-state index contributed by atoms with van der Waals surface area (Å²) in [6.07, 6.45) is 6.14. The maximum atomic E-state index is 13.8. The second kappa shape index (κ2) is 12.5. The van der Waals surface area contributed by atoms with Crippen molar-refractivity contribution in [2.75, 3.05) is 25.6 Å². The first-order valence-corrected chi connectivity index (χ1v) is 12.7. The minimum Gasteiger partial charge on any atom is -0.599 e. The highest BCUT2D eigenvalue weighted by Crippen LogP contribution is 2.39. The zero-order chi connectivity index (χ0) is 28.8. The predicted molar refractivity (Wildman–Crippen MR) is 149 cm³/mol. The number of hydroxylamine groups is 1. The lowest BCUT2D eigenvalue weighted by Gasteiger charge is -2.31. The fraction of sp³-hybridized carbons (Fsp3) is 0.267. The Hall–Kier alpha value is -4.56. The van der Waals surface area contributed by atoms with Crippen molar-refractivity contribution in [2.45, 2.75) is 32.6 Å². The highest BCUT2D eigenvalue weighted by Gasteiger charge is 2.37. The van der Waals surface area contributed by atoms with E-state index in [9.17, 15) is 19.6 Å². The number of carbonyl (C=O) groups is 3. The van der Waals surface area contributed by atoms with E-state index in [4.69, 9.17) is 15.9 Å². The van der Waals surface area contributed by atoms with Crippen LogP contribution in [0.3, 0.4) is 0 Å². The van der Waals surface area contributed by atoms with Crippen LogP contribution in [0.15, 0.2) is 76.2 Å². The molecule has 2 unspecified atom stereocenters. The van der Waals surface area contributed by atoms with Gasteiger partial charge in [0, 0.05) is 47.3 Å². The number of benzene rings is 2. The average Bonchev–Trinajstić information content (AvgIpc) is 2.94. The molecule has 2 aliphatic rings. The quantitative estimate of drug-likeness (QED) is 0.201. The summed E-state index contributed by atoms with van der Waals surface area (Å²) in [6, 6.07) is 14.0. The molecule has 40 heavy (non-hydrogen) atoms. The third-order valence-electron chi connectivity index (χ3n) is 6.67. The van der Waals surface area contributed by atoms with Crippen molar-refractivity contribution in [3.8, 4) is 12.3 Å². The summed E-state index contributed by atoms with van der Waals surface area (Å²) in [5.41, 5.74) is 4.78. The number of hydrogen-bond donors (Lipinski definition) is 3. The van der Waals surface area contributed by atoms with Crippen LogP contribution in [-0.2, 0) is 23.9 Å². The lowest BCUT2D eigenvalue weighted by Crippen LogP contribution is -3.06. The molecule has 206 valence electrons. The molecule has 2 aliphatic heterocycles. The van der Waals surface area contributed by atoms with Gasteiger partial charge in [0.05, 0.1) is 24.5 Å². The van der Waals surface area contributed by atoms with Crippen molar-refractivity contribution in [1.82, 2.24) is 5.32 Å². The summed E-state index contributed by atoms with van der Waals surface area (Å²) >= 11 is 0. The number of nitrogens with one attached hydrogen (secondary N) is 3. The second-order valence-electron chi connectivity index (χ2n) is 9.35. The number of carbonyl (C=O) groups excluding carboxylic acids is 3. The van der Waals surface area contributed by atoms with Gasteiger partial charge in [-0.1, -0.05) is 35.3 Å². The molecule has 2 atom stereocenters. The molecule has 0 aromatic heterocycles. The Morgan fingerprint density at radius 2 is 1.85 bits per heavy atom. The van der Waals surface area contributed by atoms with E-state index in [0.29, 0.717) is 57.1 Å². The Balaban J connectivity index is 1.65. The van der Waals surface area contributed by atoms with Crippen LogP contribution in [-0.4, -0.2) is 43.8 Å². The molecule has 0 radical (unpaired) electrons. The Kier molecular flexibility index (Phi) is 8.91. The van der Waals surface area contributed by atoms with Gasteiger partial charge in [-0.05, 0) is 43.7 Å². The molecular weight excluding hydrogens is 512 g/mol. The summed E-state index contributed by atoms with van der Waals surface area (Å²) in [6.45, 7) is 3.82. The fourth-order valence-corrected chi connectivity index (χ4v) is 4.74. The summed E-state index contributed by atoms with van der Waals surface area (Å²) in [7, 11) is 1.51. The molecule has 0 fully saturated rings. The van der Waals surface area contributed by atoms with Crippen LogP contribution >= 0.6 is 0 Å². The molecule has 10 nitrogen and oxygen atoms in total. The molecule has 2 amide bonds. The molecule has 10 heteroatoms. The minimum atomic E-state index is -0.746. The number of dihydropyridines is 1. The third kappa shape index (κ3) is 6.18. The van der Waals surface area contributed by atoms with E-state index >= 15 is 0 Å². The summed E-state index contributed by atoms with van der Waals surface area (Å²) in [4.78, 5) is 38.5. The second-order valence-corrected chi connectivity index (χ2v) is 9.35. The Labute approximate surface area is 232 Å². The number of rotatable bonds is 8. The highest BCUT2D eigenvalue weighted by molar-refractivity contribution is 6.09. The molecule has 0 spiro atoms. The highest BCUT2D eigenvalue weighted by atomic mass is 16.6. The molecule has 0 saturated carbocycles. The molecule has 2 aromatic carbocycles. The molecule has 3 N–H and O–H groups in total. The van der Waals surface area contributed by atoms with E-state index in [0.717, 1.165) is 0 Å². The Morgan fingerprint density at radius 1 is 1.12 bits per heavy atom. The predicted octanol–water partition coefficient (Wildman–Crippen LogP) is 2.14. The first-order valence-electron chi connectivity index (χ1n) is 12.7. The maximum absolute atomic E-state index is 13.8. The largest absolute Gasteiger partial charge is 0.599 e.